The minimum Gasteiger partial charge on any atom is -1.00 e. The van der Waals surface area contributed by atoms with E-state index in [-0.39, 0.29) is 46.5 Å². The number of nitrogens with one attached hydrogen (secondary N) is 1. The second kappa shape index (κ2) is 60.4. The summed E-state index contributed by atoms with van der Waals surface area (Å²) in [7, 11) is 1.25. The number of hydrogen-bond donors (Lipinski definition) is 0. The van der Waals surface area contributed by atoms with Crippen molar-refractivity contribution in [3.05, 3.63) is 5.73 Å². The molecule has 0 saturated heterocycles. The minimum atomic E-state index is 0. The van der Waals surface area contributed by atoms with E-state index in [4.69, 9.17) is 5.73 Å². The molecule has 0 saturated carbocycles. The Morgan fingerprint density at radius 1 is 1.00 bits per heavy atom. The normalized spacial score (nSPS) is 1.20. The first kappa shape index (κ1) is 34.0. The van der Waals surface area contributed by atoms with Crippen molar-refractivity contribution in [3.63, 3.8) is 0 Å². The van der Waals surface area contributed by atoms with Crippen LogP contribution in [0.5, 0.6) is 0 Å². The van der Waals surface area contributed by atoms with Crippen molar-refractivity contribution >= 4 is 0 Å². The average Bonchev–Trinajstić information content (AvgIpc) is 1.00. The maximum atomic E-state index is 5.75. The van der Waals surface area contributed by atoms with Crippen LogP contribution in [0.4, 0.5) is 0 Å². The third kappa shape index (κ3) is 35.4. The minimum absolute atomic E-state index is 0. The van der Waals surface area contributed by atoms with Crippen LogP contribution in [0.15, 0.2) is 0 Å². The van der Waals surface area contributed by atoms with Crippen LogP contribution in [0.25, 0.3) is 5.73 Å². The van der Waals surface area contributed by atoms with Gasteiger partial charge in [0, 0.05) is 0 Å². The van der Waals surface area contributed by atoms with E-state index in [1.807, 2.05) is 0 Å². The van der Waals surface area contributed by atoms with Gasteiger partial charge in [0.05, 0.1) is 0 Å². The topological polar surface area (TPSA) is 23.8 Å². The van der Waals surface area contributed by atoms with E-state index < -0.39 is 0 Å². The van der Waals surface area contributed by atoms with Crippen LogP contribution in [0.3, 0.4) is 0 Å². The molecule has 0 aromatic rings. The van der Waals surface area contributed by atoms with E-state index in [0.717, 1.165) is 0 Å². The average molecular weight is 149 g/mol. The van der Waals surface area contributed by atoms with Gasteiger partial charge < -0.3 is 30.5 Å². The molecule has 0 atom stereocenters. The molecule has 1 radical (unpaired) electrons. The van der Waals surface area contributed by atoms with E-state index in [9.17, 15) is 0 Å². The number of halogens is 2. The van der Waals surface area contributed by atoms with Crippen LogP contribution in [0, 0.1) is 0 Å². The fourth-order valence-corrected chi connectivity index (χ4v) is 0. The Morgan fingerprint density at radius 2 is 1.00 bits per heavy atom. The third-order valence-electron chi connectivity index (χ3n) is 0. The molecule has 4 heteroatoms. The van der Waals surface area contributed by atoms with Crippen LogP contribution in [-0.2, 0) is 21.7 Å². The molecule has 1 nitrogen and oxygen atoms in total. The fourth-order valence-electron chi connectivity index (χ4n) is 0. The maximum absolute atomic E-state index is 5.75. The number of rotatable bonds is 0. The largest absolute Gasteiger partial charge is 3.00 e. The van der Waals surface area contributed by atoms with Gasteiger partial charge in [0.2, 0.25) is 0 Å². The Kier molecular flexibility index (Phi) is 411. The Labute approximate surface area is 59.4 Å². The molecule has 0 unspecified atom stereocenters. The summed E-state index contributed by atoms with van der Waals surface area (Å²) in [6.07, 6.45) is 0. The zero-order valence-electron chi connectivity index (χ0n) is 2.76. The van der Waals surface area contributed by atoms with Gasteiger partial charge in [-0.05, 0) is 0 Å². The van der Waals surface area contributed by atoms with Crippen molar-refractivity contribution in [2.45, 2.75) is 0 Å². The van der Waals surface area contributed by atoms with E-state index in [0.29, 0.717) is 0 Å². The van der Waals surface area contributed by atoms with Crippen molar-refractivity contribution in [2.24, 2.45) is 0 Å². The second-order valence-electron chi connectivity index (χ2n) is 0. The van der Waals surface area contributed by atoms with Crippen molar-refractivity contribution in [3.8, 4) is 0 Å². The molecule has 1 N–H and O–H groups in total. The van der Waals surface area contributed by atoms with Gasteiger partial charge in [-0.2, -0.15) is 7.05 Å². The van der Waals surface area contributed by atoms with Gasteiger partial charge in [-0.3, -0.25) is 0 Å². The Morgan fingerprint density at radius 3 is 1.00 bits per heavy atom. The van der Waals surface area contributed by atoms with E-state index in [2.05, 4.69) is 0 Å². The molecule has 31 valence electrons. The monoisotopic (exact) mass is 148 g/mol. The summed E-state index contributed by atoms with van der Waals surface area (Å²) in [4.78, 5) is 0. The molecule has 0 fully saturated rings. The molecular weight excluding hydrogens is 145 g/mol. The maximum Gasteiger partial charge on any atom is 3.00 e. The van der Waals surface area contributed by atoms with Crippen molar-refractivity contribution < 1.29 is 46.5 Å². The molecule has 0 aliphatic rings. The Hall–Kier alpha value is 1.25. The number of hydrogen-bond acceptors (Lipinski definition) is 0. The zero-order chi connectivity index (χ0) is 2.00. The first-order valence-electron chi connectivity index (χ1n) is 0.500. The van der Waals surface area contributed by atoms with Crippen molar-refractivity contribution in [1.82, 2.24) is 0 Å². The summed E-state index contributed by atoms with van der Waals surface area (Å²) in [6.45, 7) is 0. The molecule has 0 aromatic heterocycles. The zero-order valence-corrected chi connectivity index (χ0v) is 5.83. The molecule has 0 rings (SSSR count). The second-order valence-corrected chi connectivity index (χ2v) is 0. The van der Waals surface area contributed by atoms with Gasteiger partial charge in [-0.15, -0.1) is 0 Å². The van der Waals surface area contributed by atoms with E-state index >= 15 is 0 Å². The smallest absolute Gasteiger partial charge is 1.00 e. The van der Waals surface area contributed by atoms with Gasteiger partial charge in [-0.25, -0.2) is 0 Å². The van der Waals surface area contributed by atoms with Crippen molar-refractivity contribution in [2.75, 3.05) is 7.05 Å². The molecular formula is CH4Cl2NTi. The van der Waals surface area contributed by atoms with Crippen LogP contribution in [-0.4, -0.2) is 7.05 Å². The molecule has 0 aliphatic heterocycles. The fraction of sp³-hybridized carbons (Fsp3) is 1.00. The molecule has 0 aliphatic carbocycles. The molecule has 0 spiro atoms. The standard InChI is InChI=1S/CH4N.2ClH.Ti/c1-2;;;/h2H,1H3;2*1H;/q-1;;;+3/p-2. The van der Waals surface area contributed by atoms with Crippen molar-refractivity contribution in [1.29, 1.82) is 0 Å². The summed E-state index contributed by atoms with van der Waals surface area (Å²) in [5, 5.41) is 0. The third-order valence-corrected chi connectivity index (χ3v) is 0. The molecule has 0 heterocycles. The van der Waals surface area contributed by atoms with E-state index in [1.54, 1.807) is 0 Å². The van der Waals surface area contributed by atoms with E-state index in [1.165, 1.54) is 7.05 Å². The van der Waals surface area contributed by atoms with Gasteiger partial charge >= 0.3 is 21.7 Å². The van der Waals surface area contributed by atoms with Crippen LogP contribution in [0.2, 0.25) is 0 Å². The first-order valence-corrected chi connectivity index (χ1v) is 0.500. The first-order chi connectivity index (χ1) is 1.00. The Bertz CT molecular complexity index is 9.61. The SMILES string of the molecule is C[NH-].[Cl-].[Cl-].[Ti+3]. The predicted molar refractivity (Wildman–Crippen MR) is 10.2 cm³/mol. The molecule has 0 aromatic carbocycles. The summed E-state index contributed by atoms with van der Waals surface area (Å²) in [5.41, 5.74) is 5.75. The Balaban J connectivity index is -0.00000000167. The molecule has 0 amide bonds. The van der Waals surface area contributed by atoms with Gasteiger partial charge in [0.1, 0.15) is 0 Å². The summed E-state index contributed by atoms with van der Waals surface area (Å²) < 4.78 is 0. The van der Waals surface area contributed by atoms with Gasteiger partial charge in [-0.1, -0.05) is 0 Å². The van der Waals surface area contributed by atoms with Crippen LogP contribution in [0.1, 0.15) is 0 Å². The molecule has 0 bridgehead atoms. The predicted octanol–water partition coefficient (Wildman–Crippen LogP) is -5.33. The van der Waals surface area contributed by atoms with Gasteiger partial charge in [0.15, 0.2) is 0 Å². The quantitative estimate of drug-likeness (QED) is 0.307. The summed E-state index contributed by atoms with van der Waals surface area (Å²) >= 11 is 0. The van der Waals surface area contributed by atoms with Crippen LogP contribution >= 0.6 is 0 Å². The summed E-state index contributed by atoms with van der Waals surface area (Å²) in [5.74, 6) is 0. The van der Waals surface area contributed by atoms with Gasteiger partial charge in [0.25, 0.3) is 0 Å². The van der Waals surface area contributed by atoms with Crippen LogP contribution < -0.4 is 24.8 Å². The summed E-state index contributed by atoms with van der Waals surface area (Å²) in [6, 6.07) is 0. The molecule has 5 heavy (non-hydrogen) atoms.